The molecule has 0 aromatic heterocycles. The zero-order valence-corrected chi connectivity index (χ0v) is 29.0. The smallest absolute Gasteiger partial charge is 0.125 e. The number of hydrogen-bond donors (Lipinski definition) is 0. The van der Waals surface area contributed by atoms with Crippen LogP contribution in [-0.2, 0) is 0 Å². The van der Waals surface area contributed by atoms with Crippen LogP contribution in [0, 0.1) is 33.8 Å². The van der Waals surface area contributed by atoms with Gasteiger partial charge in [-0.15, -0.1) is 11.1 Å². The van der Waals surface area contributed by atoms with Crippen molar-refractivity contribution in [3.05, 3.63) is 16.9 Å². The Morgan fingerprint density at radius 3 is 0.771 bits per heavy atom. The van der Waals surface area contributed by atoms with Crippen molar-refractivity contribution < 1.29 is 0 Å². The number of rotatable bonds is 6. The first-order valence-electron chi connectivity index (χ1n) is 14.2. The highest BCUT2D eigenvalue weighted by Crippen LogP contribution is 2.42. The van der Waals surface area contributed by atoms with Gasteiger partial charge in [-0.2, -0.15) is 0 Å². The highest BCUT2D eigenvalue weighted by molar-refractivity contribution is 6.91. The molecule has 2 heteroatoms. The lowest BCUT2D eigenvalue weighted by atomic mass is 9.83. The molecule has 0 aromatic carbocycles. The van der Waals surface area contributed by atoms with Crippen LogP contribution >= 0.6 is 0 Å². The van der Waals surface area contributed by atoms with Gasteiger partial charge in [0.15, 0.2) is 0 Å². The Bertz CT molecular complexity index is 766. The molecule has 0 unspecified atom stereocenters. The Morgan fingerprint density at radius 1 is 0.429 bits per heavy atom. The van der Waals surface area contributed by atoms with Gasteiger partial charge in [0.25, 0.3) is 0 Å². The van der Waals surface area contributed by atoms with E-state index in [1.54, 1.807) is 0 Å². The largest absolute Gasteiger partial charge is 0.146 e. The Balaban J connectivity index is 7.54. The topological polar surface area (TPSA) is 0 Å². The van der Waals surface area contributed by atoms with Crippen LogP contribution in [0.4, 0.5) is 0 Å². The van der Waals surface area contributed by atoms with Crippen LogP contribution < -0.4 is 0 Å². The van der Waals surface area contributed by atoms with Gasteiger partial charge in [-0.1, -0.05) is 142 Å². The molecule has 0 N–H and O–H groups in total. The minimum Gasteiger partial charge on any atom is -0.125 e. The molecule has 0 radical (unpaired) electrons. The molecule has 0 atom stereocenters. The molecule has 0 aromatic rings. The van der Waals surface area contributed by atoms with Crippen LogP contribution in [0.15, 0.2) is 16.9 Å². The van der Waals surface area contributed by atoms with Crippen LogP contribution in [0.2, 0.25) is 33.2 Å². The lowest BCUT2D eigenvalue weighted by Crippen LogP contribution is -2.43. The Hall–Kier alpha value is -0.926. The molecule has 0 spiro atoms. The molecule has 0 heterocycles. The molecular formula is C33H60Si2. The van der Waals surface area contributed by atoms with Crippen LogP contribution in [0.25, 0.3) is 0 Å². The first-order valence-corrected chi connectivity index (χ1v) is 18.6. The van der Waals surface area contributed by atoms with E-state index < -0.39 is 16.1 Å². The van der Waals surface area contributed by atoms with E-state index in [-0.39, 0.29) is 10.8 Å². The van der Waals surface area contributed by atoms with Gasteiger partial charge in [0.1, 0.15) is 16.1 Å². The lowest BCUT2D eigenvalue weighted by Gasteiger charge is -2.38. The van der Waals surface area contributed by atoms with Crippen LogP contribution in [0.3, 0.4) is 0 Å². The molecule has 0 nitrogen and oxygen atoms in total. The van der Waals surface area contributed by atoms with Crippen LogP contribution in [-0.4, -0.2) is 16.1 Å². The van der Waals surface area contributed by atoms with Gasteiger partial charge < -0.3 is 0 Å². The quantitative estimate of drug-likeness (QED) is 0.188. The van der Waals surface area contributed by atoms with Crippen LogP contribution in [0.5, 0.6) is 0 Å². The minimum absolute atomic E-state index is 0.0705. The summed E-state index contributed by atoms with van der Waals surface area (Å²) in [6.07, 6.45) is 0. The van der Waals surface area contributed by atoms with E-state index in [0.717, 1.165) is 11.1 Å². The zero-order chi connectivity index (χ0) is 28.2. The van der Waals surface area contributed by atoms with Crippen molar-refractivity contribution in [3.8, 4) is 22.9 Å². The van der Waals surface area contributed by atoms with E-state index in [0.29, 0.717) is 33.2 Å². The molecule has 0 aliphatic heterocycles. The Morgan fingerprint density at radius 2 is 0.629 bits per heavy atom. The molecule has 0 amide bonds. The first kappa shape index (κ1) is 34.1. The summed E-state index contributed by atoms with van der Waals surface area (Å²) >= 11 is 0. The van der Waals surface area contributed by atoms with Crippen molar-refractivity contribution >= 4 is 16.1 Å². The zero-order valence-electron chi connectivity index (χ0n) is 27.0. The van der Waals surface area contributed by atoms with Crippen molar-refractivity contribution in [2.24, 2.45) is 10.8 Å². The molecular weight excluding hydrogens is 453 g/mol. The molecule has 200 valence electrons. The van der Waals surface area contributed by atoms with E-state index in [9.17, 15) is 0 Å². The van der Waals surface area contributed by atoms with Gasteiger partial charge in [0.05, 0.1) is 0 Å². The molecule has 0 aliphatic rings. The third-order valence-corrected chi connectivity index (χ3v) is 20.9. The summed E-state index contributed by atoms with van der Waals surface area (Å²) in [7, 11) is -3.64. The maximum absolute atomic E-state index is 3.96. The molecule has 0 saturated heterocycles. The summed E-state index contributed by atoms with van der Waals surface area (Å²) in [5, 5.41) is 0. The minimum atomic E-state index is -1.82. The Kier molecular flexibility index (Phi) is 12.2. The van der Waals surface area contributed by atoms with E-state index in [1.807, 2.05) is 0 Å². The molecule has 0 aliphatic carbocycles. The van der Waals surface area contributed by atoms with E-state index in [2.05, 4.69) is 153 Å². The van der Waals surface area contributed by atoms with Gasteiger partial charge in [-0.05, 0) is 33.2 Å². The van der Waals surface area contributed by atoms with Crippen LogP contribution in [0.1, 0.15) is 125 Å². The summed E-state index contributed by atoms with van der Waals surface area (Å²) in [6, 6.07) is 0. The summed E-state index contributed by atoms with van der Waals surface area (Å²) in [6.45, 7) is 42.3. The van der Waals surface area contributed by atoms with Gasteiger partial charge in [-0.25, -0.2) is 0 Å². The summed E-state index contributed by atoms with van der Waals surface area (Å²) in [5.41, 5.74) is 17.6. The van der Waals surface area contributed by atoms with Gasteiger partial charge >= 0.3 is 0 Å². The molecule has 0 fully saturated rings. The molecule has 0 rings (SSSR count). The SMILES string of the molecule is CC(C)[Si](C#CC(=C=C(C#C[Si](C(C)C)(C(C)C)C(C)C)C(C)(C)C)C(C)(C)C)(C(C)C)C(C)C. The predicted molar refractivity (Wildman–Crippen MR) is 167 cm³/mol. The average Bonchev–Trinajstić information content (AvgIpc) is 2.62. The highest BCUT2D eigenvalue weighted by Gasteiger charge is 2.43. The fraction of sp³-hybridized carbons (Fsp3) is 0.788. The van der Waals surface area contributed by atoms with Gasteiger partial charge in [-0.3, -0.25) is 0 Å². The maximum Gasteiger partial charge on any atom is 0.146 e. The highest BCUT2D eigenvalue weighted by atomic mass is 28.3. The van der Waals surface area contributed by atoms with Crippen molar-refractivity contribution in [3.63, 3.8) is 0 Å². The third-order valence-electron chi connectivity index (χ3n) is 8.29. The third kappa shape index (κ3) is 8.03. The number of hydrogen-bond acceptors (Lipinski definition) is 0. The van der Waals surface area contributed by atoms with E-state index >= 15 is 0 Å². The van der Waals surface area contributed by atoms with Crippen molar-refractivity contribution in [1.29, 1.82) is 0 Å². The van der Waals surface area contributed by atoms with Crippen molar-refractivity contribution in [2.75, 3.05) is 0 Å². The summed E-state index contributed by atoms with van der Waals surface area (Å²) < 4.78 is 0. The molecule has 0 saturated carbocycles. The monoisotopic (exact) mass is 512 g/mol. The average molecular weight is 513 g/mol. The summed E-state index contributed by atoms with van der Waals surface area (Å²) in [4.78, 5) is 0. The second-order valence-electron chi connectivity index (χ2n) is 14.7. The second-order valence-corrected chi connectivity index (χ2v) is 25.8. The second kappa shape index (κ2) is 12.5. The van der Waals surface area contributed by atoms with Gasteiger partial charge in [0, 0.05) is 22.0 Å². The Labute approximate surface area is 224 Å². The fourth-order valence-corrected chi connectivity index (χ4v) is 16.6. The lowest BCUT2D eigenvalue weighted by molar-refractivity contribution is 0.509. The maximum atomic E-state index is 3.96. The predicted octanol–water partition coefficient (Wildman–Crippen LogP) is 11.0. The molecule has 0 bridgehead atoms. The van der Waals surface area contributed by atoms with Crippen molar-refractivity contribution in [1.82, 2.24) is 0 Å². The van der Waals surface area contributed by atoms with Crippen molar-refractivity contribution in [2.45, 2.75) is 158 Å². The fourth-order valence-electron chi connectivity index (χ4n) is 6.15. The first-order chi connectivity index (χ1) is 15.6. The summed E-state index contributed by atoms with van der Waals surface area (Å²) in [5.74, 6) is 7.51. The standard InChI is InChI=1S/C33H60Si2/c1-24(2)34(25(3)4,26(5)6)21-19-30(32(13,14)15)23-31(33(16,17)18)20-22-35(27(7)8,28(9)10)29(11)12/h24-29H,1-18H3. The number of allylic oxidation sites excluding steroid dienone is 1. The molecule has 35 heavy (non-hydrogen) atoms. The van der Waals surface area contributed by atoms with E-state index in [4.69, 9.17) is 0 Å². The normalized spacial score (nSPS) is 13.3. The van der Waals surface area contributed by atoms with Gasteiger partial charge in [0.2, 0.25) is 0 Å². The van der Waals surface area contributed by atoms with E-state index in [1.165, 1.54) is 0 Å².